The third-order valence-corrected chi connectivity index (χ3v) is 3.99. The second-order valence-corrected chi connectivity index (χ2v) is 5.48. The summed E-state index contributed by atoms with van der Waals surface area (Å²) in [6.07, 6.45) is 5.15. The van der Waals surface area contributed by atoms with Gasteiger partial charge in [0.15, 0.2) is 0 Å². The summed E-state index contributed by atoms with van der Waals surface area (Å²) in [6, 6.07) is 2.74. The minimum Gasteiger partial charge on any atom is -0.322 e. The van der Waals surface area contributed by atoms with Crippen LogP contribution in [0.5, 0.6) is 0 Å². The first-order valence-electron chi connectivity index (χ1n) is 5.37. The number of thiophene rings is 1. The molecule has 3 heterocycles. The van der Waals surface area contributed by atoms with Crippen molar-refractivity contribution < 1.29 is 0 Å². The highest BCUT2D eigenvalue weighted by molar-refractivity contribution is 7.10. The van der Waals surface area contributed by atoms with E-state index in [1.54, 1.807) is 0 Å². The van der Waals surface area contributed by atoms with Gasteiger partial charge in [-0.1, -0.05) is 13.8 Å². The predicted molar refractivity (Wildman–Crippen MR) is 63.1 cm³/mol. The van der Waals surface area contributed by atoms with Gasteiger partial charge < -0.3 is 4.57 Å². The Hall–Kier alpha value is -1.09. The Kier molecular flexibility index (Phi) is 1.96. The fourth-order valence-corrected chi connectivity index (χ4v) is 3.36. The highest BCUT2D eigenvalue weighted by Crippen LogP contribution is 2.44. The number of nitrogens with zero attached hydrogens (tertiary/aromatic N) is 2. The van der Waals surface area contributed by atoms with E-state index in [-0.39, 0.29) is 0 Å². The van der Waals surface area contributed by atoms with E-state index in [1.165, 1.54) is 22.6 Å². The van der Waals surface area contributed by atoms with Gasteiger partial charge in [0, 0.05) is 10.4 Å². The van der Waals surface area contributed by atoms with Gasteiger partial charge in [0.25, 0.3) is 0 Å². The van der Waals surface area contributed by atoms with Crippen LogP contribution in [0.15, 0.2) is 24.0 Å². The molecule has 78 valence electrons. The van der Waals surface area contributed by atoms with Gasteiger partial charge in [-0.25, -0.2) is 4.98 Å². The van der Waals surface area contributed by atoms with Gasteiger partial charge in [-0.2, -0.15) is 0 Å². The van der Waals surface area contributed by atoms with Gasteiger partial charge in [0.05, 0.1) is 24.3 Å². The molecule has 0 aromatic carbocycles. The number of hydrogen-bond acceptors (Lipinski definition) is 2. The van der Waals surface area contributed by atoms with E-state index in [4.69, 9.17) is 0 Å². The Morgan fingerprint density at radius 3 is 3.20 bits per heavy atom. The third-order valence-electron chi connectivity index (χ3n) is 2.97. The molecule has 3 rings (SSSR count). The lowest BCUT2D eigenvalue weighted by Crippen LogP contribution is -2.07. The molecule has 0 fully saturated rings. The number of imidazole rings is 1. The molecule has 0 bridgehead atoms. The lowest BCUT2D eigenvalue weighted by Gasteiger charge is -2.15. The Morgan fingerprint density at radius 1 is 1.53 bits per heavy atom. The summed E-state index contributed by atoms with van der Waals surface area (Å²) in [6.45, 7) is 4.56. The van der Waals surface area contributed by atoms with Crippen molar-refractivity contribution in [2.75, 3.05) is 0 Å². The summed E-state index contributed by atoms with van der Waals surface area (Å²) < 4.78 is 2.32. The molecule has 2 aromatic rings. The molecule has 2 nitrogen and oxygen atoms in total. The van der Waals surface area contributed by atoms with E-state index in [2.05, 4.69) is 34.8 Å². The van der Waals surface area contributed by atoms with Crippen LogP contribution in [0, 0.1) is 5.92 Å². The lowest BCUT2D eigenvalue weighted by molar-refractivity contribution is 0.469. The van der Waals surface area contributed by atoms with Crippen LogP contribution in [0.1, 0.15) is 31.2 Å². The quantitative estimate of drug-likeness (QED) is 0.753. The van der Waals surface area contributed by atoms with Crippen LogP contribution in [-0.2, 0) is 0 Å². The Bertz CT molecular complexity index is 441. The summed E-state index contributed by atoms with van der Waals surface area (Å²) in [5.41, 5.74) is 2.68. The number of hydrogen-bond donors (Lipinski definition) is 0. The van der Waals surface area contributed by atoms with Gasteiger partial charge in [0.1, 0.15) is 0 Å². The SMILES string of the molecule is CC(C)C[C@@H]1c2sccc2-c2cncn21. The summed E-state index contributed by atoms with van der Waals surface area (Å²) in [4.78, 5) is 5.76. The van der Waals surface area contributed by atoms with Crippen molar-refractivity contribution in [1.82, 2.24) is 9.55 Å². The molecular formula is C12H14N2S. The zero-order valence-electron chi connectivity index (χ0n) is 8.97. The molecule has 3 heteroatoms. The molecule has 2 aromatic heterocycles. The average Bonchev–Trinajstić information content (AvgIpc) is 2.83. The van der Waals surface area contributed by atoms with Crippen molar-refractivity contribution in [1.29, 1.82) is 0 Å². The van der Waals surface area contributed by atoms with Gasteiger partial charge >= 0.3 is 0 Å². The smallest absolute Gasteiger partial charge is 0.0957 e. The van der Waals surface area contributed by atoms with Crippen LogP contribution in [0.25, 0.3) is 11.3 Å². The summed E-state index contributed by atoms with van der Waals surface area (Å²) in [7, 11) is 0. The maximum Gasteiger partial charge on any atom is 0.0957 e. The van der Waals surface area contributed by atoms with E-state index in [0.717, 1.165) is 5.92 Å². The standard InChI is InChI=1S/C12H14N2S/c1-8(2)5-10-12-9(3-4-15-12)11-6-13-7-14(10)11/h3-4,6-8,10H,5H2,1-2H3/t10-/m1/s1. The summed E-state index contributed by atoms with van der Waals surface area (Å²) in [5.74, 6) is 0.721. The molecule has 0 unspecified atom stereocenters. The molecule has 0 spiro atoms. The van der Waals surface area contributed by atoms with Crippen molar-refractivity contribution in [2.45, 2.75) is 26.3 Å². The molecule has 0 aliphatic carbocycles. The first-order valence-corrected chi connectivity index (χ1v) is 6.25. The Balaban J connectivity index is 2.10. The first-order chi connectivity index (χ1) is 7.27. The predicted octanol–water partition coefficient (Wildman–Crippen LogP) is 3.56. The molecule has 0 saturated heterocycles. The van der Waals surface area contributed by atoms with Crippen LogP contribution >= 0.6 is 11.3 Å². The van der Waals surface area contributed by atoms with Gasteiger partial charge in [0.2, 0.25) is 0 Å². The van der Waals surface area contributed by atoms with Gasteiger partial charge in [-0.05, 0) is 23.8 Å². The average molecular weight is 218 g/mol. The topological polar surface area (TPSA) is 17.8 Å². The van der Waals surface area contributed by atoms with Crippen LogP contribution < -0.4 is 0 Å². The van der Waals surface area contributed by atoms with Gasteiger partial charge in [-0.15, -0.1) is 11.3 Å². The molecule has 15 heavy (non-hydrogen) atoms. The first kappa shape index (κ1) is 9.16. The minimum atomic E-state index is 0.525. The highest BCUT2D eigenvalue weighted by atomic mass is 32.1. The van der Waals surface area contributed by atoms with Crippen molar-refractivity contribution >= 4 is 11.3 Å². The van der Waals surface area contributed by atoms with Crippen LogP contribution in [0.2, 0.25) is 0 Å². The number of rotatable bonds is 2. The fraction of sp³-hybridized carbons (Fsp3) is 0.417. The van der Waals surface area contributed by atoms with E-state index >= 15 is 0 Å². The molecule has 0 saturated carbocycles. The van der Waals surface area contributed by atoms with Crippen molar-refractivity contribution in [3.8, 4) is 11.3 Å². The number of aromatic nitrogens is 2. The fourth-order valence-electron chi connectivity index (χ4n) is 2.35. The Morgan fingerprint density at radius 2 is 2.40 bits per heavy atom. The monoisotopic (exact) mass is 218 g/mol. The van der Waals surface area contributed by atoms with Crippen molar-refractivity contribution in [3.05, 3.63) is 28.8 Å². The Labute approximate surface area is 93.6 Å². The van der Waals surface area contributed by atoms with Crippen LogP contribution in [0.3, 0.4) is 0 Å². The zero-order chi connectivity index (χ0) is 10.4. The molecule has 1 aliphatic heterocycles. The van der Waals surface area contributed by atoms with E-state index in [1.807, 2.05) is 23.9 Å². The largest absolute Gasteiger partial charge is 0.322 e. The third kappa shape index (κ3) is 1.26. The lowest BCUT2D eigenvalue weighted by atomic mass is 10.0. The van der Waals surface area contributed by atoms with E-state index in [9.17, 15) is 0 Å². The molecule has 0 amide bonds. The molecule has 1 aliphatic rings. The summed E-state index contributed by atoms with van der Waals surface area (Å²) in [5, 5.41) is 2.19. The van der Waals surface area contributed by atoms with Gasteiger partial charge in [-0.3, -0.25) is 0 Å². The van der Waals surface area contributed by atoms with E-state index in [0.29, 0.717) is 6.04 Å². The summed E-state index contributed by atoms with van der Waals surface area (Å²) >= 11 is 1.87. The normalized spacial score (nSPS) is 18.2. The van der Waals surface area contributed by atoms with Crippen molar-refractivity contribution in [3.63, 3.8) is 0 Å². The van der Waals surface area contributed by atoms with Crippen molar-refractivity contribution in [2.24, 2.45) is 5.92 Å². The van der Waals surface area contributed by atoms with E-state index < -0.39 is 0 Å². The van der Waals surface area contributed by atoms with Crippen LogP contribution in [-0.4, -0.2) is 9.55 Å². The molecular weight excluding hydrogens is 204 g/mol. The minimum absolute atomic E-state index is 0.525. The molecule has 0 radical (unpaired) electrons. The van der Waals surface area contributed by atoms with Crippen LogP contribution in [0.4, 0.5) is 0 Å². The second-order valence-electron chi connectivity index (χ2n) is 4.53. The zero-order valence-corrected chi connectivity index (χ0v) is 9.79. The highest BCUT2D eigenvalue weighted by Gasteiger charge is 2.29. The maximum absolute atomic E-state index is 4.25. The number of fused-ring (bicyclic) bond motifs is 3. The second kappa shape index (κ2) is 3.20. The maximum atomic E-state index is 4.25. The molecule has 1 atom stereocenters. The molecule has 0 N–H and O–H groups in total.